The molecule has 0 aliphatic carbocycles. The van der Waals surface area contributed by atoms with Crippen molar-refractivity contribution in [2.45, 2.75) is 5.03 Å². The van der Waals surface area contributed by atoms with Crippen LogP contribution in [0.2, 0.25) is 0 Å². The lowest BCUT2D eigenvalue weighted by Crippen LogP contribution is -2.47. The van der Waals surface area contributed by atoms with Crippen molar-refractivity contribution < 1.29 is 9.72 Å². The number of thioether (sulfide) groups is 1. The molecular formula is C21H18N8O3S. The van der Waals surface area contributed by atoms with Crippen LogP contribution in [0.15, 0.2) is 58.9 Å². The predicted molar refractivity (Wildman–Crippen MR) is 124 cm³/mol. The highest BCUT2D eigenvalue weighted by atomic mass is 32.2. The number of non-ortho nitro benzene ring substituents is 1. The van der Waals surface area contributed by atoms with E-state index in [9.17, 15) is 14.9 Å². The van der Waals surface area contributed by atoms with E-state index in [4.69, 9.17) is 0 Å². The molecule has 0 bridgehead atoms. The maximum atomic E-state index is 12.5. The third-order valence-electron chi connectivity index (χ3n) is 5.22. The largest absolute Gasteiger partial charge is 0.337 e. The van der Waals surface area contributed by atoms with E-state index in [1.807, 2.05) is 0 Å². The maximum Gasteiger partial charge on any atom is 0.269 e. The van der Waals surface area contributed by atoms with Crippen LogP contribution in [0.1, 0.15) is 5.56 Å². The van der Waals surface area contributed by atoms with Gasteiger partial charge < -0.3 is 15.1 Å². The summed E-state index contributed by atoms with van der Waals surface area (Å²) in [6.07, 6.45) is 6.77. The molecule has 3 aromatic rings. The van der Waals surface area contributed by atoms with Crippen LogP contribution in [-0.2, 0) is 4.79 Å². The molecule has 1 aromatic carbocycles. The first kappa shape index (κ1) is 20.8. The van der Waals surface area contributed by atoms with E-state index >= 15 is 0 Å². The van der Waals surface area contributed by atoms with Crippen molar-refractivity contribution >= 4 is 47.0 Å². The first-order chi connectivity index (χ1) is 16.1. The fraction of sp³-hybridized carbons (Fsp3) is 0.190. The molecule has 1 saturated heterocycles. The molecule has 2 aromatic heterocycles. The number of nitrogens with one attached hydrogen (secondary N) is 1. The third-order valence-corrected chi connectivity index (χ3v) is 6.25. The molecule has 0 radical (unpaired) electrons. The second-order valence-electron chi connectivity index (χ2n) is 7.33. The van der Waals surface area contributed by atoms with Gasteiger partial charge in [0.15, 0.2) is 0 Å². The second kappa shape index (κ2) is 8.82. The molecule has 12 heteroatoms. The van der Waals surface area contributed by atoms with Gasteiger partial charge in [0.1, 0.15) is 5.03 Å². The predicted octanol–water partition coefficient (Wildman–Crippen LogP) is 2.59. The zero-order chi connectivity index (χ0) is 22.8. The van der Waals surface area contributed by atoms with Crippen LogP contribution in [0.3, 0.4) is 0 Å². The number of piperazine rings is 1. The van der Waals surface area contributed by atoms with Crippen LogP contribution in [0.25, 0.3) is 6.08 Å². The minimum Gasteiger partial charge on any atom is -0.337 e. The van der Waals surface area contributed by atoms with Gasteiger partial charge in [0.05, 0.1) is 21.7 Å². The summed E-state index contributed by atoms with van der Waals surface area (Å²) in [6.45, 7) is 2.94. The van der Waals surface area contributed by atoms with E-state index < -0.39 is 4.92 Å². The lowest BCUT2D eigenvalue weighted by Gasteiger charge is -2.34. The molecule has 1 N–H and O–H groups in total. The van der Waals surface area contributed by atoms with E-state index in [1.165, 1.54) is 23.9 Å². The first-order valence-electron chi connectivity index (χ1n) is 10.2. The summed E-state index contributed by atoms with van der Waals surface area (Å²) in [5.74, 6) is 1.04. The molecule has 5 rings (SSSR count). The van der Waals surface area contributed by atoms with E-state index in [2.05, 4.69) is 35.1 Å². The third kappa shape index (κ3) is 4.46. The molecule has 4 heterocycles. The molecule has 2 aliphatic heterocycles. The number of nitrogens with zero attached hydrogens (tertiary/aromatic N) is 7. The summed E-state index contributed by atoms with van der Waals surface area (Å²) < 4.78 is 0. The van der Waals surface area contributed by atoms with E-state index in [-0.39, 0.29) is 11.6 Å². The minimum atomic E-state index is -0.458. The van der Waals surface area contributed by atoms with Crippen LogP contribution >= 0.6 is 11.8 Å². The Morgan fingerprint density at radius 1 is 1.00 bits per heavy atom. The highest BCUT2D eigenvalue weighted by Gasteiger charge is 2.26. The van der Waals surface area contributed by atoms with Crippen molar-refractivity contribution in [1.29, 1.82) is 0 Å². The Morgan fingerprint density at radius 3 is 2.33 bits per heavy atom. The quantitative estimate of drug-likeness (QED) is 0.267. The average molecular weight is 462 g/mol. The molecule has 1 amide bonds. The Labute approximate surface area is 192 Å². The summed E-state index contributed by atoms with van der Waals surface area (Å²) in [7, 11) is 0. The highest BCUT2D eigenvalue weighted by molar-refractivity contribution is 8.04. The molecule has 2 aliphatic rings. The Balaban J connectivity index is 1.31. The fourth-order valence-corrected chi connectivity index (χ4v) is 4.40. The summed E-state index contributed by atoms with van der Waals surface area (Å²) >= 11 is 1.25. The second-order valence-corrected chi connectivity index (χ2v) is 8.36. The summed E-state index contributed by atoms with van der Waals surface area (Å²) in [5.41, 5.74) is 1.25. The highest BCUT2D eigenvalue weighted by Crippen LogP contribution is 2.38. The normalized spacial score (nSPS) is 17.0. The van der Waals surface area contributed by atoms with Gasteiger partial charge in [-0.05, 0) is 29.8 Å². The first-order valence-corrected chi connectivity index (χ1v) is 11.0. The van der Waals surface area contributed by atoms with Gasteiger partial charge in [-0.25, -0.2) is 19.9 Å². The number of carbonyl (C=O) groups excluding carboxylic acids is 1. The summed E-state index contributed by atoms with van der Waals surface area (Å²) in [4.78, 5) is 45.3. The molecule has 33 heavy (non-hydrogen) atoms. The van der Waals surface area contributed by atoms with Crippen molar-refractivity contribution in [3.63, 3.8) is 0 Å². The molecule has 0 atom stereocenters. The molecule has 166 valence electrons. The number of benzene rings is 1. The number of hydrogen-bond donors (Lipinski definition) is 1. The van der Waals surface area contributed by atoms with Gasteiger partial charge in [-0.2, -0.15) is 0 Å². The van der Waals surface area contributed by atoms with E-state index in [0.29, 0.717) is 33.1 Å². The number of aromatic nitrogens is 4. The Morgan fingerprint density at radius 2 is 1.67 bits per heavy atom. The van der Waals surface area contributed by atoms with Crippen LogP contribution in [0.4, 0.5) is 23.3 Å². The molecule has 0 spiro atoms. The van der Waals surface area contributed by atoms with Crippen LogP contribution in [-0.4, -0.2) is 56.9 Å². The van der Waals surface area contributed by atoms with Crippen molar-refractivity contribution in [2.24, 2.45) is 0 Å². The fourth-order valence-electron chi connectivity index (χ4n) is 3.51. The van der Waals surface area contributed by atoms with Gasteiger partial charge in [0.25, 0.3) is 11.6 Å². The zero-order valence-electron chi connectivity index (χ0n) is 17.3. The van der Waals surface area contributed by atoms with Gasteiger partial charge in [0, 0.05) is 50.7 Å². The minimum absolute atomic E-state index is 0.000416. The summed E-state index contributed by atoms with van der Waals surface area (Å²) in [5, 5.41) is 14.3. The Hall–Kier alpha value is -4.06. The lowest BCUT2D eigenvalue weighted by molar-refractivity contribution is -0.384. The Kier molecular flexibility index (Phi) is 5.57. The van der Waals surface area contributed by atoms with Gasteiger partial charge >= 0.3 is 0 Å². The molecule has 1 fully saturated rings. The number of anilines is 3. The standard InChI is InChI=1S/C21H18N8O3S/c30-18-17(12-14-2-4-15(5-3-14)29(31)32)33-19-16(25-18)13-24-21(26-19)28-10-8-27(9-11-28)20-22-6-1-7-23-20/h1-7,12-13H,8-11H2,(H,25,30)/b17-12-. The monoisotopic (exact) mass is 462 g/mol. The lowest BCUT2D eigenvalue weighted by atomic mass is 10.2. The maximum absolute atomic E-state index is 12.5. The van der Waals surface area contributed by atoms with Gasteiger partial charge in [0.2, 0.25) is 11.9 Å². The number of rotatable bonds is 4. The average Bonchev–Trinajstić information content (AvgIpc) is 2.85. The van der Waals surface area contributed by atoms with E-state index in [1.54, 1.807) is 42.9 Å². The number of amides is 1. The van der Waals surface area contributed by atoms with Crippen molar-refractivity contribution in [2.75, 3.05) is 41.3 Å². The SMILES string of the molecule is O=C1Nc2cnc(N3CCN(c4ncccn4)CC3)nc2S/C1=C\c1ccc([N+](=O)[O-])cc1. The van der Waals surface area contributed by atoms with Crippen LogP contribution in [0.5, 0.6) is 0 Å². The van der Waals surface area contributed by atoms with Crippen molar-refractivity contribution in [3.8, 4) is 0 Å². The van der Waals surface area contributed by atoms with Crippen molar-refractivity contribution in [3.05, 3.63) is 69.5 Å². The van der Waals surface area contributed by atoms with Gasteiger partial charge in [-0.1, -0.05) is 11.8 Å². The van der Waals surface area contributed by atoms with E-state index in [0.717, 1.165) is 26.2 Å². The molecule has 0 saturated carbocycles. The van der Waals surface area contributed by atoms with Crippen molar-refractivity contribution in [1.82, 2.24) is 19.9 Å². The molecule has 11 nitrogen and oxygen atoms in total. The Bertz CT molecular complexity index is 1230. The molecular weight excluding hydrogens is 444 g/mol. The topological polar surface area (TPSA) is 130 Å². The number of nitro benzene ring substituents is 1. The zero-order valence-corrected chi connectivity index (χ0v) is 18.1. The molecule has 0 unspecified atom stereocenters. The van der Waals surface area contributed by atoms with Crippen LogP contribution < -0.4 is 15.1 Å². The van der Waals surface area contributed by atoms with Gasteiger partial charge in [-0.15, -0.1) is 0 Å². The number of fused-ring (bicyclic) bond motifs is 1. The van der Waals surface area contributed by atoms with Gasteiger partial charge in [-0.3, -0.25) is 14.9 Å². The smallest absolute Gasteiger partial charge is 0.269 e. The number of nitro groups is 1. The number of carbonyl (C=O) groups is 1. The van der Waals surface area contributed by atoms with Crippen LogP contribution in [0, 0.1) is 10.1 Å². The summed E-state index contributed by atoms with van der Waals surface area (Å²) in [6, 6.07) is 7.82. The number of hydrogen-bond acceptors (Lipinski definition) is 10.